The number of nitrogens with one attached hydrogen (secondary N) is 1. The monoisotopic (exact) mass is 339 g/mol. The number of benzene rings is 1. The molecule has 25 heavy (non-hydrogen) atoms. The molecule has 0 saturated carbocycles. The van der Waals surface area contributed by atoms with Crippen LogP contribution >= 0.6 is 0 Å². The van der Waals surface area contributed by atoms with Gasteiger partial charge in [0.05, 0.1) is 0 Å². The van der Waals surface area contributed by atoms with Crippen LogP contribution in [0.5, 0.6) is 0 Å². The summed E-state index contributed by atoms with van der Waals surface area (Å²) in [5.74, 6) is -0.379. The van der Waals surface area contributed by atoms with Gasteiger partial charge >= 0.3 is 0 Å². The molecule has 0 bridgehead atoms. The Morgan fingerprint density at radius 1 is 1.20 bits per heavy atom. The molecule has 0 fully saturated rings. The zero-order chi connectivity index (χ0) is 18.2. The fourth-order valence-corrected chi connectivity index (χ4v) is 2.49. The minimum absolute atomic E-state index is 0.165. The Morgan fingerprint density at radius 2 is 2.00 bits per heavy atom. The molecule has 0 spiro atoms. The molecule has 1 N–H and O–H groups in total. The third-order valence-electron chi connectivity index (χ3n) is 3.97. The second kappa shape index (κ2) is 8.97. The second-order valence-corrected chi connectivity index (χ2v) is 6.18. The van der Waals surface area contributed by atoms with E-state index in [2.05, 4.69) is 17.2 Å². The number of hydrogen-bond donors (Lipinski definition) is 1. The molecular weight excluding hydrogens is 314 g/mol. The highest BCUT2D eigenvalue weighted by atomic mass is 16.2. The van der Waals surface area contributed by atoms with E-state index >= 15 is 0 Å². The Kier molecular flexibility index (Phi) is 6.69. The van der Waals surface area contributed by atoms with Crippen molar-refractivity contribution in [3.63, 3.8) is 0 Å². The Bertz CT molecular complexity index is 743. The molecular formula is C20H25N3O2. The highest BCUT2D eigenvalue weighted by Crippen LogP contribution is 2.07. The predicted octanol–water partition coefficient (Wildman–Crippen LogP) is 3.19. The first kappa shape index (κ1) is 18.6. The van der Waals surface area contributed by atoms with Gasteiger partial charge in [0, 0.05) is 31.9 Å². The van der Waals surface area contributed by atoms with Crippen LogP contribution in [0.1, 0.15) is 51.7 Å². The van der Waals surface area contributed by atoms with Gasteiger partial charge in [0.1, 0.15) is 5.69 Å². The first-order valence-electron chi connectivity index (χ1n) is 8.56. The molecule has 0 aliphatic carbocycles. The summed E-state index contributed by atoms with van der Waals surface area (Å²) in [6, 6.07) is 11.2. The summed E-state index contributed by atoms with van der Waals surface area (Å²) in [6.07, 6.45) is 3.47. The van der Waals surface area contributed by atoms with Crippen LogP contribution in [0.25, 0.3) is 0 Å². The van der Waals surface area contributed by atoms with E-state index in [1.54, 1.807) is 24.1 Å². The van der Waals surface area contributed by atoms with Gasteiger partial charge in [-0.3, -0.25) is 14.6 Å². The van der Waals surface area contributed by atoms with Gasteiger partial charge in [-0.05, 0) is 31.0 Å². The largest absolute Gasteiger partial charge is 0.348 e. The van der Waals surface area contributed by atoms with Crippen molar-refractivity contribution in [1.82, 2.24) is 15.2 Å². The number of rotatable bonds is 7. The maximum absolute atomic E-state index is 12.4. The number of aryl methyl sites for hydroxylation is 1. The molecule has 1 aromatic carbocycles. The van der Waals surface area contributed by atoms with Crippen molar-refractivity contribution in [2.24, 2.45) is 0 Å². The molecule has 0 saturated heterocycles. The molecule has 1 aromatic heterocycles. The minimum atomic E-state index is -0.214. The van der Waals surface area contributed by atoms with E-state index in [4.69, 9.17) is 0 Å². The summed E-state index contributed by atoms with van der Waals surface area (Å²) >= 11 is 0. The highest BCUT2D eigenvalue weighted by molar-refractivity contribution is 5.98. The van der Waals surface area contributed by atoms with E-state index in [0.717, 1.165) is 24.0 Å². The number of nitrogens with zero attached hydrogens (tertiary/aromatic N) is 2. The van der Waals surface area contributed by atoms with Crippen LogP contribution in [0.4, 0.5) is 0 Å². The number of aromatic nitrogens is 1. The SMILES string of the molecule is CCCCN(C)C(=O)c1cc(C(=O)NCc2cccc(C)c2)ccn1. The molecule has 0 aliphatic heterocycles. The molecule has 2 aromatic rings. The van der Waals surface area contributed by atoms with Crippen molar-refractivity contribution in [3.8, 4) is 0 Å². The number of carbonyl (C=O) groups excluding carboxylic acids is 2. The fourth-order valence-electron chi connectivity index (χ4n) is 2.49. The van der Waals surface area contributed by atoms with Gasteiger partial charge in [-0.1, -0.05) is 43.2 Å². The highest BCUT2D eigenvalue weighted by Gasteiger charge is 2.15. The van der Waals surface area contributed by atoms with Crippen LogP contribution in [0, 0.1) is 6.92 Å². The molecule has 5 heteroatoms. The zero-order valence-electron chi connectivity index (χ0n) is 15.1. The quantitative estimate of drug-likeness (QED) is 0.842. The molecule has 0 unspecified atom stereocenters. The fraction of sp³-hybridized carbons (Fsp3) is 0.350. The van der Waals surface area contributed by atoms with Gasteiger partial charge in [-0.25, -0.2) is 0 Å². The summed E-state index contributed by atoms with van der Waals surface area (Å²) in [7, 11) is 1.75. The summed E-state index contributed by atoms with van der Waals surface area (Å²) in [5, 5.41) is 2.88. The minimum Gasteiger partial charge on any atom is -0.348 e. The van der Waals surface area contributed by atoms with E-state index in [9.17, 15) is 9.59 Å². The zero-order valence-corrected chi connectivity index (χ0v) is 15.1. The number of pyridine rings is 1. The number of hydrogen-bond acceptors (Lipinski definition) is 3. The average Bonchev–Trinajstić information content (AvgIpc) is 2.63. The first-order chi connectivity index (χ1) is 12.0. The summed E-state index contributed by atoms with van der Waals surface area (Å²) in [4.78, 5) is 30.5. The van der Waals surface area contributed by atoms with Gasteiger partial charge < -0.3 is 10.2 Å². The molecule has 0 radical (unpaired) electrons. The molecule has 2 amide bonds. The van der Waals surface area contributed by atoms with Crippen molar-refractivity contribution in [3.05, 3.63) is 65.0 Å². The van der Waals surface area contributed by atoms with Gasteiger partial charge in [0.25, 0.3) is 11.8 Å². The predicted molar refractivity (Wildman–Crippen MR) is 98.5 cm³/mol. The van der Waals surface area contributed by atoms with E-state index in [0.29, 0.717) is 24.3 Å². The van der Waals surface area contributed by atoms with E-state index in [-0.39, 0.29) is 11.8 Å². The lowest BCUT2D eigenvalue weighted by Gasteiger charge is -2.16. The van der Waals surface area contributed by atoms with Crippen molar-refractivity contribution in [1.29, 1.82) is 0 Å². The lowest BCUT2D eigenvalue weighted by atomic mass is 10.1. The number of amides is 2. The Labute approximate surface area is 149 Å². The van der Waals surface area contributed by atoms with Crippen molar-refractivity contribution < 1.29 is 9.59 Å². The topological polar surface area (TPSA) is 62.3 Å². The molecule has 2 rings (SSSR count). The van der Waals surface area contributed by atoms with Crippen LogP contribution in [0.15, 0.2) is 42.6 Å². The van der Waals surface area contributed by atoms with Crippen LogP contribution in [0.3, 0.4) is 0 Å². The molecule has 132 valence electrons. The van der Waals surface area contributed by atoms with Crippen LogP contribution in [0.2, 0.25) is 0 Å². The third kappa shape index (κ3) is 5.41. The van der Waals surface area contributed by atoms with E-state index in [1.807, 2.05) is 31.2 Å². The Morgan fingerprint density at radius 3 is 2.72 bits per heavy atom. The summed E-state index contributed by atoms with van der Waals surface area (Å²) in [5.41, 5.74) is 2.92. The molecule has 5 nitrogen and oxygen atoms in total. The first-order valence-corrected chi connectivity index (χ1v) is 8.56. The smallest absolute Gasteiger partial charge is 0.272 e. The van der Waals surface area contributed by atoms with Crippen LogP contribution < -0.4 is 5.32 Å². The maximum atomic E-state index is 12.4. The van der Waals surface area contributed by atoms with E-state index in [1.165, 1.54) is 6.20 Å². The summed E-state index contributed by atoms with van der Waals surface area (Å²) in [6.45, 7) is 5.22. The lowest BCUT2D eigenvalue weighted by Crippen LogP contribution is -2.29. The van der Waals surface area contributed by atoms with Gasteiger partial charge in [0.2, 0.25) is 0 Å². The third-order valence-corrected chi connectivity index (χ3v) is 3.97. The molecule has 0 atom stereocenters. The van der Waals surface area contributed by atoms with Gasteiger partial charge in [-0.2, -0.15) is 0 Å². The standard InChI is InChI=1S/C20H25N3O2/c1-4-5-11-23(3)20(25)18-13-17(9-10-21-18)19(24)22-14-16-8-6-7-15(2)12-16/h6-10,12-13H,4-5,11,14H2,1-3H3,(H,22,24). The second-order valence-electron chi connectivity index (χ2n) is 6.18. The summed E-state index contributed by atoms with van der Waals surface area (Å²) < 4.78 is 0. The van der Waals surface area contributed by atoms with E-state index < -0.39 is 0 Å². The lowest BCUT2D eigenvalue weighted by molar-refractivity contribution is 0.0787. The Hall–Kier alpha value is -2.69. The van der Waals surface area contributed by atoms with Crippen molar-refractivity contribution in [2.45, 2.75) is 33.2 Å². The molecule has 1 heterocycles. The number of unbranched alkanes of at least 4 members (excludes halogenated alkanes) is 1. The van der Waals surface area contributed by atoms with Gasteiger partial charge in [-0.15, -0.1) is 0 Å². The van der Waals surface area contributed by atoms with Crippen molar-refractivity contribution in [2.75, 3.05) is 13.6 Å². The normalized spacial score (nSPS) is 10.4. The average molecular weight is 339 g/mol. The van der Waals surface area contributed by atoms with Crippen LogP contribution in [-0.4, -0.2) is 35.3 Å². The maximum Gasteiger partial charge on any atom is 0.272 e. The van der Waals surface area contributed by atoms with Gasteiger partial charge in [0.15, 0.2) is 0 Å². The van der Waals surface area contributed by atoms with Crippen molar-refractivity contribution >= 4 is 11.8 Å². The Balaban J connectivity index is 2.02. The number of carbonyl (C=O) groups is 2. The van der Waals surface area contributed by atoms with Crippen LogP contribution in [-0.2, 0) is 6.54 Å². The molecule has 0 aliphatic rings.